The molecule has 4 rings (SSSR count). The number of aliphatic carboxylic acids is 1. The Balaban J connectivity index is 1.66. The molecule has 0 aliphatic rings. The molecular weight excluding hydrogens is 402 g/mol. The third kappa shape index (κ3) is 4.27. The van der Waals surface area contributed by atoms with E-state index >= 15 is 0 Å². The van der Waals surface area contributed by atoms with Crippen molar-refractivity contribution in [3.05, 3.63) is 93.0 Å². The fourth-order valence-electron chi connectivity index (χ4n) is 3.36. The molecule has 0 aliphatic carbocycles. The molecule has 0 saturated heterocycles. The van der Waals surface area contributed by atoms with Crippen molar-refractivity contribution in [3.8, 4) is 0 Å². The van der Waals surface area contributed by atoms with Gasteiger partial charge >= 0.3 is 11.7 Å². The number of carbonyl (C=O) groups is 2. The highest BCUT2D eigenvalue weighted by molar-refractivity contribution is 6.03. The molecule has 0 bridgehead atoms. The van der Waals surface area contributed by atoms with E-state index in [1.54, 1.807) is 29.1 Å². The number of fused-ring (bicyclic) bond motifs is 1. The molecule has 4 N–H and O–H groups in total. The van der Waals surface area contributed by atoms with Gasteiger partial charge in [-0.2, -0.15) is 0 Å². The number of nitrogens with one attached hydrogen (secondary N) is 3. The summed E-state index contributed by atoms with van der Waals surface area (Å²) in [6, 6.07) is 14.8. The molecule has 0 saturated carbocycles. The molecule has 0 aliphatic heterocycles. The van der Waals surface area contributed by atoms with Crippen LogP contribution < -0.4 is 16.6 Å². The zero-order chi connectivity index (χ0) is 22.0. The van der Waals surface area contributed by atoms with Gasteiger partial charge in [0, 0.05) is 11.8 Å². The van der Waals surface area contributed by atoms with Crippen LogP contribution in [0.5, 0.6) is 0 Å². The largest absolute Gasteiger partial charge is 0.481 e. The van der Waals surface area contributed by atoms with Crippen LogP contribution in [0.4, 0.5) is 5.69 Å². The van der Waals surface area contributed by atoms with Crippen LogP contribution in [0.1, 0.15) is 28.5 Å². The minimum atomic E-state index is -0.938. The molecule has 1 atom stereocenters. The van der Waals surface area contributed by atoms with E-state index in [2.05, 4.69) is 15.3 Å². The summed E-state index contributed by atoms with van der Waals surface area (Å²) in [5.41, 5.74) is 0.829. The maximum Gasteiger partial charge on any atom is 0.326 e. The van der Waals surface area contributed by atoms with Crippen molar-refractivity contribution in [2.24, 2.45) is 0 Å². The van der Waals surface area contributed by atoms with Gasteiger partial charge in [0.1, 0.15) is 5.69 Å². The van der Waals surface area contributed by atoms with E-state index in [1.807, 2.05) is 35.3 Å². The monoisotopic (exact) mass is 419 g/mol. The van der Waals surface area contributed by atoms with Crippen molar-refractivity contribution >= 4 is 28.6 Å². The van der Waals surface area contributed by atoms with Crippen molar-refractivity contribution in [2.75, 3.05) is 5.32 Å². The van der Waals surface area contributed by atoms with E-state index in [9.17, 15) is 24.3 Å². The summed E-state index contributed by atoms with van der Waals surface area (Å²) in [4.78, 5) is 55.1. The zero-order valence-electron chi connectivity index (χ0n) is 16.0. The number of carboxylic acids is 1. The van der Waals surface area contributed by atoms with E-state index in [1.165, 1.54) is 0 Å². The highest BCUT2D eigenvalue weighted by Crippen LogP contribution is 2.28. The van der Waals surface area contributed by atoms with Crippen molar-refractivity contribution in [3.63, 3.8) is 0 Å². The number of nitrogens with zero attached hydrogens (tertiary/aromatic N) is 2. The standard InChI is InChI=1S/C21H17N5O5/c27-18-9-15(24-21(31)25-18)20(30)23-13-6-7-16-14(8-13)22-11-26(16)17(10-19(28)29)12-4-2-1-3-5-12/h1-9,11,17H,10H2,(H,23,30)(H,28,29)(H2,24,25,27,31). The number of aromatic nitrogens is 4. The topological polar surface area (TPSA) is 150 Å². The first-order valence-electron chi connectivity index (χ1n) is 9.29. The van der Waals surface area contributed by atoms with Gasteiger partial charge in [-0.15, -0.1) is 0 Å². The van der Waals surface area contributed by atoms with Gasteiger partial charge in [0.2, 0.25) is 0 Å². The second-order valence-corrected chi connectivity index (χ2v) is 6.84. The molecule has 1 amide bonds. The van der Waals surface area contributed by atoms with E-state index in [-0.39, 0.29) is 12.1 Å². The minimum Gasteiger partial charge on any atom is -0.481 e. The van der Waals surface area contributed by atoms with Gasteiger partial charge in [-0.25, -0.2) is 9.78 Å². The zero-order valence-corrected chi connectivity index (χ0v) is 16.0. The SMILES string of the molecule is O=C(O)CC(c1ccccc1)n1cnc2cc(NC(=O)c3cc(=O)[nH]c(=O)[nH]3)ccc21. The molecule has 0 fully saturated rings. The smallest absolute Gasteiger partial charge is 0.326 e. The first-order valence-corrected chi connectivity index (χ1v) is 9.29. The summed E-state index contributed by atoms with van der Waals surface area (Å²) in [5.74, 6) is -1.60. The second kappa shape index (κ2) is 8.11. The summed E-state index contributed by atoms with van der Waals surface area (Å²) in [6.07, 6.45) is 1.44. The number of hydrogen-bond acceptors (Lipinski definition) is 5. The van der Waals surface area contributed by atoms with Crippen LogP contribution >= 0.6 is 0 Å². The first-order chi connectivity index (χ1) is 14.9. The number of rotatable bonds is 6. The van der Waals surface area contributed by atoms with Gasteiger partial charge in [-0.05, 0) is 23.8 Å². The van der Waals surface area contributed by atoms with Gasteiger partial charge in [-0.3, -0.25) is 19.4 Å². The maximum absolute atomic E-state index is 12.3. The highest BCUT2D eigenvalue weighted by atomic mass is 16.4. The lowest BCUT2D eigenvalue weighted by atomic mass is 10.0. The summed E-state index contributed by atoms with van der Waals surface area (Å²) in [7, 11) is 0. The Hall–Kier alpha value is -4.47. The summed E-state index contributed by atoms with van der Waals surface area (Å²) < 4.78 is 1.78. The average molecular weight is 419 g/mol. The van der Waals surface area contributed by atoms with Crippen LogP contribution in [0.3, 0.4) is 0 Å². The number of benzene rings is 2. The van der Waals surface area contributed by atoms with Gasteiger partial charge in [0.05, 0.1) is 29.8 Å². The predicted molar refractivity (Wildman–Crippen MR) is 112 cm³/mol. The number of aromatic amines is 2. The van der Waals surface area contributed by atoms with E-state index < -0.39 is 29.2 Å². The van der Waals surface area contributed by atoms with Gasteiger partial charge in [0.25, 0.3) is 11.5 Å². The molecule has 2 heterocycles. The Morgan fingerprint density at radius 1 is 1.06 bits per heavy atom. The summed E-state index contributed by atoms with van der Waals surface area (Å²) in [6.45, 7) is 0. The molecule has 2 aromatic carbocycles. The molecule has 0 radical (unpaired) electrons. The van der Waals surface area contributed by atoms with E-state index in [0.717, 1.165) is 11.6 Å². The Morgan fingerprint density at radius 3 is 2.55 bits per heavy atom. The van der Waals surface area contributed by atoms with Crippen molar-refractivity contribution in [1.29, 1.82) is 0 Å². The maximum atomic E-state index is 12.3. The normalized spacial score (nSPS) is 11.9. The Labute approximate surface area is 174 Å². The van der Waals surface area contributed by atoms with Gasteiger partial charge < -0.3 is 20.0 Å². The van der Waals surface area contributed by atoms with Gasteiger partial charge in [-0.1, -0.05) is 30.3 Å². The van der Waals surface area contributed by atoms with Crippen molar-refractivity contribution in [1.82, 2.24) is 19.5 Å². The van der Waals surface area contributed by atoms with Crippen LogP contribution in [-0.4, -0.2) is 36.5 Å². The molecular formula is C21H17N5O5. The molecule has 0 spiro atoms. The number of amides is 1. The van der Waals surface area contributed by atoms with Crippen LogP contribution in [0, 0.1) is 0 Å². The van der Waals surface area contributed by atoms with E-state index in [4.69, 9.17) is 0 Å². The molecule has 10 heteroatoms. The number of H-pyrrole nitrogens is 2. The third-order valence-electron chi connectivity index (χ3n) is 4.73. The number of carbonyl (C=O) groups excluding carboxylic acids is 1. The van der Waals surface area contributed by atoms with E-state index in [0.29, 0.717) is 16.7 Å². The molecule has 10 nitrogen and oxygen atoms in total. The quantitative estimate of drug-likeness (QED) is 0.374. The molecule has 1 unspecified atom stereocenters. The fraction of sp³-hybridized carbons (Fsp3) is 0.0952. The number of anilines is 1. The van der Waals surface area contributed by atoms with Crippen molar-refractivity contribution in [2.45, 2.75) is 12.5 Å². The third-order valence-corrected chi connectivity index (χ3v) is 4.73. The highest BCUT2D eigenvalue weighted by Gasteiger charge is 2.20. The Morgan fingerprint density at radius 2 is 1.84 bits per heavy atom. The number of carboxylic acid groups (broad SMARTS) is 1. The summed E-state index contributed by atoms with van der Waals surface area (Å²) >= 11 is 0. The molecule has 2 aromatic heterocycles. The Kier molecular flexibility index (Phi) is 5.19. The lowest BCUT2D eigenvalue weighted by Gasteiger charge is -2.18. The lowest BCUT2D eigenvalue weighted by molar-refractivity contribution is -0.137. The van der Waals surface area contributed by atoms with Crippen LogP contribution in [0.15, 0.2) is 70.5 Å². The summed E-state index contributed by atoms with van der Waals surface area (Å²) in [5, 5.41) is 12.0. The lowest BCUT2D eigenvalue weighted by Crippen LogP contribution is -2.27. The van der Waals surface area contributed by atoms with Crippen molar-refractivity contribution < 1.29 is 14.7 Å². The number of imidazole rings is 1. The second-order valence-electron chi connectivity index (χ2n) is 6.84. The minimum absolute atomic E-state index is 0.121. The molecule has 31 heavy (non-hydrogen) atoms. The Bertz CT molecular complexity index is 1360. The molecule has 4 aromatic rings. The number of hydrogen-bond donors (Lipinski definition) is 4. The van der Waals surface area contributed by atoms with Gasteiger partial charge in [0.15, 0.2) is 0 Å². The fourth-order valence-corrected chi connectivity index (χ4v) is 3.36. The van der Waals surface area contributed by atoms with Crippen LogP contribution in [0.2, 0.25) is 0 Å². The molecule has 156 valence electrons. The predicted octanol–water partition coefficient (Wildman–Crippen LogP) is 1.73. The first kappa shape index (κ1) is 19.8. The van der Waals surface area contributed by atoms with Crippen LogP contribution in [0.25, 0.3) is 11.0 Å². The van der Waals surface area contributed by atoms with Crippen LogP contribution in [-0.2, 0) is 4.79 Å². The average Bonchev–Trinajstić information content (AvgIpc) is 3.15.